The largest absolute Gasteiger partial charge is 0.446 e. The molecule has 3 N–H and O–H groups in total. The van der Waals surface area contributed by atoms with Gasteiger partial charge >= 0.3 is 6.09 Å². The highest BCUT2D eigenvalue weighted by Crippen LogP contribution is 2.38. The number of thioether (sulfide) groups is 1. The lowest BCUT2D eigenvalue weighted by molar-refractivity contribution is 0.0591. The molecule has 37 heavy (non-hydrogen) atoms. The molecule has 0 aliphatic heterocycles. The van der Waals surface area contributed by atoms with Gasteiger partial charge in [0.1, 0.15) is 11.8 Å². The number of hydrogen-bond acceptors (Lipinski definition) is 6. The van der Waals surface area contributed by atoms with Gasteiger partial charge in [-0.2, -0.15) is 0 Å². The molecule has 1 saturated carbocycles. The molecule has 3 aromatic rings. The molecule has 3 heterocycles. The van der Waals surface area contributed by atoms with Crippen molar-refractivity contribution in [2.24, 2.45) is 5.92 Å². The number of carbonyl (C=O) groups excluding carboxylic acids is 2. The summed E-state index contributed by atoms with van der Waals surface area (Å²) in [6.07, 6.45) is 6.67. The number of ether oxygens (including phenoxy) is 1. The van der Waals surface area contributed by atoms with E-state index < -0.39 is 0 Å². The summed E-state index contributed by atoms with van der Waals surface area (Å²) in [4.78, 5) is 45.9. The Labute approximate surface area is 220 Å². The normalized spacial score (nSPS) is 18.4. The maximum absolute atomic E-state index is 13.5. The van der Waals surface area contributed by atoms with Gasteiger partial charge in [-0.25, -0.2) is 9.78 Å². The second-order valence-corrected chi connectivity index (χ2v) is 10.5. The first-order chi connectivity index (χ1) is 17.7. The Kier molecular flexibility index (Phi) is 8.26. The fourth-order valence-corrected chi connectivity index (χ4v) is 6.15. The summed E-state index contributed by atoms with van der Waals surface area (Å²) < 4.78 is 7.62. The van der Waals surface area contributed by atoms with E-state index in [-0.39, 0.29) is 36.3 Å². The van der Waals surface area contributed by atoms with Crippen LogP contribution in [0.2, 0.25) is 0 Å². The molecule has 1 aliphatic carbocycles. The summed E-state index contributed by atoms with van der Waals surface area (Å²) in [5.74, 6) is 0.142. The van der Waals surface area contributed by atoms with Crippen molar-refractivity contribution in [3.63, 3.8) is 0 Å². The van der Waals surface area contributed by atoms with Crippen LogP contribution < -0.4 is 16.2 Å². The molecule has 9 nitrogen and oxygen atoms in total. The van der Waals surface area contributed by atoms with Crippen LogP contribution in [0.15, 0.2) is 34.1 Å². The number of amides is 2. The summed E-state index contributed by atoms with van der Waals surface area (Å²) in [5.41, 5.74) is 3.37. The molecule has 198 valence electrons. The van der Waals surface area contributed by atoms with Crippen LogP contribution in [0.1, 0.15) is 66.0 Å². The molecule has 1 fully saturated rings. The third-order valence-electron chi connectivity index (χ3n) is 7.40. The second kappa shape index (κ2) is 11.4. The number of aromatic amines is 1. The predicted molar refractivity (Wildman–Crippen MR) is 145 cm³/mol. The van der Waals surface area contributed by atoms with Crippen LogP contribution in [-0.2, 0) is 11.3 Å². The van der Waals surface area contributed by atoms with Crippen molar-refractivity contribution in [1.82, 2.24) is 25.2 Å². The van der Waals surface area contributed by atoms with E-state index >= 15 is 0 Å². The third kappa shape index (κ3) is 5.53. The van der Waals surface area contributed by atoms with Crippen LogP contribution in [0.25, 0.3) is 11.0 Å². The first kappa shape index (κ1) is 26.8. The van der Waals surface area contributed by atoms with E-state index in [4.69, 9.17) is 4.74 Å². The number of pyridine rings is 2. The molecule has 1 aliphatic rings. The molecular formula is C27H35N5O4S. The van der Waals surface area contributed by atoms with Gasteiger partial charge in [0, 0.05) is 53.1 Å². The zero-order chi connectivity index (χ0) is 26.7. The van der Waals surface area contributed by atoms with E-state index in [1.54, 1.807) is 13.2 Å². The Morgan fingerprint density at radius 1 is 1.27 bits per heavy atom. The van der Waals surface area contributed by atoms with Gasteiger partial charge in [-0.05, 0) is 76.8 Å². The summed E-state index contributed by atoms with van der Waals surface area (Å²) in [5, 5.41) is 6.29. The van der Waals surface area contributed by atoms with E-state index in [2.05, 4.69) is 32.1 Å². The highest BCUT2D eigenvalue weighted by atomic mass is 32.2. The van der Waals surface area contributed by atoms with Crippen LogP contribution in [0.5, 0.6) is 0 Å². The first-order valence-electron chi connectivity index (χ1n) is 12.6. The van der Waals surface area contributed by atoms with Crippen molar-refractivity contribution in [3.05, 3.63) is 57.3 Å². The minimum Gasteiger partial charge on any atom is -0.446 e. The fraction of sp³-hybridized carbons (Fsp3) is 0.481. The molecule has 10 heteroatoms. The molecule has 0 bridgehead atoms. The zero-order valence-electron chi connectivity index (χ0n) is 22.0. The van der Waals surface area contributed by atoms with Gasteiger partial charge in [0.2, 0.25) is 0 Å². The van der Waals surface area contributed by atoms with Gasteiger partial charge < -0.3 is 24.9 Å². The van der Waals surface area contributed by atoms with Crippen LogP contribution in [0.3, 0.4) is 0 Å². The van der Waals surface area contributed by atoms with Crippen molar-refractivity contribution in [3.8, 4) is 0 Å². The fourth-order valence-electron chi connectivity index (χ4n) is 5.45. The van der Waals surface area contributed by atoms with Gasteiger partial charge in [-0.3, -0.25) is 9.59 Å². The maximum atomic E-state index is 13.5. The predicted octanol–water partition coefficient (Wildman–Crippen LogP) is 4.47. The van der Waals surface area contributed by atoms with Gasteiger partial charge in [-0.15, -0.1) is 11.8 Å². The second-order valence-electron chi connectivity index (χ2n) is 9.65. The van der Waals surface area contributed by atoms with Crippen LogP contribution in [-0.4, -0.2) is 45.9 Å². The number of rotatable bonds is 7. The topological polar surface area (TPSA) is 118 Å². The molecule has 0 spiro atoms. The number of aromatic nitrogens is 3. The van der Waals surface area contributed by atoms with E-state index in [1.807, 2.05) is 38.3 Å². The van der Waals surface area contributed by atoms with Crippen LogP contribution >= 0.6 is 11.8 Å². The molecule has 0 radical (unpaired) electrons. The maximum Gasteiger partial charge on any atom is 0.407 e. The van der Waals surface area contributed by atoms with Gasteiger partial charge in [0.15, 0.2) is 0 Å². The quantitative estimate of drug-likeness (QED) is 0.392. The summed E-state index contributed by atoms with van der Waals surface area (Å²) in [6, 6.07) is 5.80. The van der Waals surface area contributed by atoms with Gasteiger partial charge in [0.05, 0.1) is 5.56 Å². The van der Waals surface area contributed by atoms with E-state index in [1.165, 1.54) is 11.8 Å². The summed E-state index contributed by atoms with van der Waals surface area (Å²) in [7, 11) is 1.57. The number of alkyl carbamates (subject to hydrolysis) is 1. The number of carbonyl (C=O) groups is 2. The van der Waals surface area contributed by atoms with Crippen LogP contribution in [0.4, 0.5) is 4.79 Å². The Balaban J connectivity index is 1.57. The smallest absolute Gasteiger partial charge is 0.407 e. The molecule has 0 aromatic carbocycles. The van der Waals surface area contributed by atoms with Gasteiger partial charge in [-0.1, -0.05) is 0 Å². The minimum atomic E-state index is -0.388. The van der Waals surface area contributed by atoms with Crippen molar-refractivity contribution in [2.75, 3.05) is 13.3 Å². The molecule has 3 aromatic heterocycles. The first-order valence-corrected chi connectivity index (χ1v) is 13.9. The molecule has 0 saturated heterocycles. The average molecular weight is 526 g/mol. The number of fused-ring (bicyclic) bond motifs is 1. The van der Waals surface area contributed by atoms with Crippen molar-refractivity contribution < 1.29 is 14.3 Å². The Bertz CT molecular complexity index is 1360. The van der Waals surface area contributed by atoms with Crippen molar-refractivity contribution in [1.29, 1.82) is 0 Å². The number of nitrogens with one attached hydrogen (secondary N) is 3. The standard InChI is InChI=1S/C27H35N5O4S/c1-15-13-22(37-5)21(25(33)31-15)14-30-26(34)23-17(3)32(24-20(23)7-6-12-29-24)16(2)18-8-10-19(11-9-18)36-27(35)28-4/h6-7,12-13,16,18-19H,8-11,14H2,1-5H3,(H,28,35)(H,30,34)(H,31,33). The van der Waals surface area contributed by atoms with Gasteiger partial charge in [0.25, 0.3) is 11.5 Å². The lowest BCUT2D eigenvalue weighted by atomic mass is 9.83. The SMILES string of the molecule is CNC(=O)OC1CCC(C(C)n2c(C)c(C(=O)NCc3c(SC)cc(C)[nH]c3=O)c3cccnc32)CC1. The average Bonchev–Trinajstić information content (AvgIpc) is 3.19. The Hall–Kier alpha value is -3.27. The molecule has 4 rings (SSSR count). The lowest BCUT2D eigenvalue weighted by Gasteiger charge is -2.33. The third-order valence-corrected chi connectivity index (χ3v) is 8.20. The van der Waals surface area contributed by atoms with Crippen LogP contribution in [0, 0.1) is 19.8 Å². The van der Waals surface area contributed by atoms with E-state index in [0.717, 1.165) is 53.0 Å². The summed E-state index contributed by atoms with van der Waals surface area (Å²) in [6.45, 7) is 6.11. The molecular weight excluding hydrogens is 490 g/mol. The number of H-pyrrole nitrogens is 1. The van der Waals surface area contributed by atoms with Crippen molar-refractivity contribution in [2.45, 2.75) is 70.0 Å². The summed E-state index contributed by atoms with van der Waals surface area (Å²) >= 11 is 1.49. The van der Waals surface area contributed by atoms with E-state index in [0.29, 0.717) is 17.0 Å². The monoisotopic (exact) mass is 525 g/mol. The molecule has 1 unspecified atom stereocenters. The van der Waals surface area contributed by atoms with E-state index in [9.17, 15) is 14.4 Å². The van der Waals surface area contributed by atoms with Crippen molar-refractivity contribution >= 4 is 34.8 Å². The highest BCUT2D eigenvalue weighted by molar-refractivity contribution is 7.98. The molecule has 2 amide bonds. The highest BCUT2D eigenvalue weighted by Gasteiger charge is 2.31. The number of nitrogens with zero attached hydrogens (tertiary/aromatic N) is 2. The number of aryl methyl sites for hydroxylation is 1. The Morgan fingerprint density at radius 3 is 2.68 bits per heavy atom. The lowest BCUT2D eigenvalue weighted by Crippen LogP contribution is -2.31. The zero-order valence-corrected chi connectivity index (χ0v) is 22.8. The minimum absolute atomic E-state index is 0.0681. The Morgan fingerprint density at radius 2 is 2.00 bits per heavy atom. The molecule has 1 atom stereocenters. The number of hydrogen-bond donors (Lipinski definition) is 3.